The first-order valence-corrected chi connectivity index (χ1v) is 12.2. The first-order valence-electron chi connectivity index (χ1n) is 10.7. The van der Waals surface area contributed by atoms with Gasteiger partial charge in [0, 0.05) is 10.8 Å². The molecule has 0 amide bonds. The highest BCUT2D eigenvalue weighted by Gasteiger charge is 2.35. The summed E-state index contributed by atoms with van der Waals surface area (Å²) < 4.78 is 32.3. The molecule has 164 valence electrons. The standard InChI is InChI=1S/C28H23O4P/c1-20-17-18-26(21(2)19-20)30-33(29,31-27-15-7-11-22-9-3-5-13-24(22)27)32-28-16-8-12-23-10-4-6-14-25(23)28/h3-19H,1-2H3. The Morgan fingerprint density at radius 3 is 1.58 bits per heavy atom. The molecule has 0 aliphatic heterocycles. The molecule has 0 aliphatic carbocycles. The van der Waals surface area contributed by atoms with Gasteiger partial charge in [-0.25, -0.2) is 0 Å². The molecule has 0 saturated heterocycles. The van der Waals surface area contributed by atoms with Crippen LogP contribution in [0.5, 0.6) is 17.2 Å². The van der Waals surface area contributed by atoms with Gasteiger partial charge in [0.1, 0.15) is 17.2 Å². The topological polar surface area (TPSA) is 44.8 Å². The maximum absolute atomic E-state index is 14.2. The molecule has 0 radical (unpaired) electrons. The second-order valence-electron chi connectivity index (χ2n) is 7.94. The van der Waals surface area contributed by atoms with Crippen LogP contribution in [0.2, 0.25) is 0 Å². The minimum atomic E-state index is -4.14. The van der Waals surface area contributed by atoms with Gasteiger partial charge in [-0.3, -0.25) is 0 Å². The van der Waals surface area contributed by atoms with E-state index in [1.165, 1.54) is 0 Å². The fraction of sp³-hybridized carbons (Fsp3) is 0.0714. The molecule has 5 heteroatoms. The van der Waals surface area contributed by atoms with Gasteiger partial charge < -0.3 is 13.6 Å². The number of benzene rings is 5. The van der Waals surface area contributed by atoms with Gasteiger partial charge in [-0.1, -0.05) is 90.5 Å². The van der Waals surface area contributed by atoms with Gasteiger partial charge in [-0.05, 0) is 48.4 Å². The van der Waals surface area contributed by atoms with Crippen LogP contribution in [0.15, 0.2) is 103 Å². The van der Waals surface area contributed by atoms with Crippen LogP contribution in [0.4, 0.5) is 0 Å². The largest absolute Gasteiger partial charge is 0.647 e. The molecule has 0 fully saturated rings. The second-order valence-corrected chi connectivity index (χ2v) is 9.39. The highest BCUT2D eigenvalue weighted by Crippen LogP contribution is 2.52. The molecule has 33 heavy (non-hydrogen) atoms. The average Bonchev–Trinajstić information content (AvgIpc) is 2.81. The maximum Gasteiger partial charge on any atom is 0.647 e. The van der Waals surface area contributed by atoms with Crippen LogP contribution >= 0.6 is 7.82 Å². The van der Waals surface area contributed by atoms with Gasteiger partial charge in [0.25, 0.3) is 0 Å². The summed E-state index contributed by atoms with van der Waals surface area (Å²) in [4.78, 5) is 0. The van der Waals surface area contributed by atoms with Gasteiger partial charge in [0.05, 0.1) is 0 Å². The third-order valence-corrected chi connectivity index (χ3v) is 6.72. The van der Waals surface area contributed by atoms with E-state index in [4.69, 9.17) is 13.6 Å². The van der Waals surface area contributed by atoms with E-state index in [0.717, 1.165) is 32.7 Å². The number of phosphoric ester groups is 1. The molecule has 0 heterocycles. The summed E-state index contributed by atoms with van der Waals surface area (Å²) in [6.07, 6.45) is 0. The molecule has 5 rings (SSSR count). The van der Waals surface area contributed by atoms with Gasteiger partial charge in [0.2, 0.25) is 0 Å². The molecule has 4 nitrogen and oxygen atoms in total. The van der Waals surface area contributed by atoms with Crippen molar-refractivity contribution >= 4 is 29.4 Å². The summed E-state index contributed by atoms with van der Waals surface area (Å²) in [7, 11) is -4.14. The van der Waals surface area contributed by atoms with Crippen molar-refractivity contribution in [2.75, 3.05) is 0 Å². The Morgan fingerprint density at radius 2 is 1.03 bits per heavy atom. The van der Waals surface area contributed by atoms with Crippen LogP contribution in [-0.4, -0.2) is 0 Å². The lowest BCUT2D eigenvalue weighted by molar-refractivity contribution is 0.300. The molecular weight excluding hydrogens is 431 g/mol. The smallest absolute Gasteiger partial charge is 0.386 e. The Morgan fingerprint density at radius 1 is 0.545 bits per heavy atom. The average molecular weight is 454 g/mol. The van der Waals surface area contributed by atoms with Gasteiger partial charge in [-0.2, -0.15) is 4.57 Å². The van der Waals surface area contributed by atoms with Gasteiger partial charge >= 0.3 is 7.82 Å². The summed E-state index contributed by atoms with van der Waals surface area (Å²) in [5, 5.41) is 3.59. The number of fused-ring (bicyclic) bond motifs is 2. The van der Waals surface area contributed by atoms with Crippen LogP contribution in [0, 0.1) is 13.8 Å². The second kappa shape index (κ2) is 8.65. The fourth-order valence-electron chi connectivity index (χ4n) is 3.87. The van der Waals surface area contributed by atoms with Crippen molar-refractivity contribution < 1.29 is 18.1 Å². The highest BCUT2D eigenvalue weighted by molar-refractivity contribution is 7.49. The zero-order valence-corrected chi connectivity index (χ0v) is 19.3. The molecule has 0 spiro atoms. The van der Waals surface area contributed by atoms with Gasteiger partial charge in [0.15, 0.2) is 0 Å². The Labute approximate surface area is 193 Å². The van der Waals surface area contributed by atoms with E-state index in [1.807, 2.05) is 98.8 Å². The normalized spacial score (nSPS) is 11.5. The first kappa shape index (κ1) is 21.1. The van der Waals surface area contributed by atoms with Crippen molar-refractivity contribution in [2.45, 2.75) is 13.8 Å². The lowest BCUT2D eigenvalue weighted by Crippen LogP contribution is -2.08. The summed E-state index contributed by atoms with van der Waals surface area (Å²) >= 11 is 0. The molecule has 0 aromatic heterocycles. The molecule has 0 bridgehead atoms. The molecule has 5 aromatic rings. The molecule has 0 atom stereocenters. The molecule has 5 aromatic carbocycles. The van der Waals surface area contributed by atoms with Crippen molar-refractivity contribution in [1.29, 1.82) is 0 Å². The Kier molecular flexibility index (Phi) is 5.53. The minimum absolute atomic E-state index is 0.432. The van der Waals surface area contributed by atoms with E-state index in [2.05, 4.69) is 0 Å². The lowest BCUT2D eigenvalue weighted by atomic mass is 10.1. The number of hydrogen-bond acceptors (Lipinski definition) is 4. The van der Waals surface area contributed by atoms with Crippen LogP contribution in [0.1, 0.15) is 11.1 Å². The maximum atomic E-state index is 14.2. The Bertz CT molecular complexity index is 1410. The van der Waals surface area contributed by atoms with Crippen LogP contribution in [-0.2, 0) is 4.57 Å². The lowest BCUT2D eigenvalue weighted by Gasteiger charge is -2.22. The van der Waals surface area contributed by atoms with E-state index in [-0.39, 0.29) is 0 Å². The summed E-state index contributed by atoms with van der Waals surface area (Å²) in [5.74, 6) is 1.31. The third-order valence-electron chi connectivity index (χ3n) is 5.46. The van der Waals surface area contributed by atoms with Crippen LogP contribution in [0.25, 0.3) is 21.5 Å². The van der Waals surface area contributed by atoms with Crippen LogP contribution < -0.4 is 13.6 Å². The first-order chi connectivity index (χ1) is 16.0. The van der Waals surface area contributed by atoms with E-state index < -0.39 is 7.82 Å². The molecule has 0 saturated carbocycles. The Balaban J connectivity index is 1.60. The number of hydrogen-bond donors (Lipinski definition) is 0. The predicted octanol–water partition coefficient (Wildman–Crippen LogP) is 8.25. The number of phosphoric acid groups is 1. The minimum Gasteiger partial charge on any atom is -0.386 e. The van der Waals surface area contributed by atoms with Crippen molar-refractivity contribution in [3.05, 3.63) is 114 Å². The van der Waals surface area contributed by atoms with E-state index in [0.29, 0.717) is 17.2 Å². The van der Waals surface area contributed by atoms with Crippen molar-refractivity contribution in [2.24, 2.45) is 0 Å². The third kappa shape index (κ3) is 4.44. The highest BCUT2D eigenvalue weighted by atomic mass is 31.2. The molecule has 0 unspecified atom stereocenters. The summed E-state index contributed by atoms with van der Waals surface area (Å²) in [5.41, 5.74) is 1.93. The Hall–Kier alpha value is -3.75. The van der Waals surface area contributed by atoms with Crippen molar-refractivity contribution in [3.63, 3.8) is 0 Å². The van der Waals surface area contributed by atoms with Crippen LogP contribution in [0.3, 0.4) is 0 Å². The number of aryl methyl sites for hydroxylation is 2. The van der Waals surface area contributed by atoms with Gasteiger partial charge in [-0.15, -0.1) is 0 Å². The zero-order valence-electron chi connectivity index (χ0n) is 18.4. The summed E-state index contributed by atoms with van der Waals surface area (Å²) in [6, 6.07) is 32.4. The zero-order chi connectivity index (χ0) is 22.8. The monoisotopic (exact) mass is 454 g/mol. The fourth-order valence-corrected chi connectivity index (χ4v) is 5.23. The van der Waals surface area contributed by atoms with Crippen molar-refractivity contribution in [3.8, 4) is 17.2 Å². The van der Waals surface area contributed by atoms with E-state index >= 15 is 0 Å². The SMILES string of the molecule is Cc1ccc(OP(=O)(Oc2cccc3ccccc23)Oc2cccc3ccccc23)c(C)c1. The van der Waals surface area contributed by atoms with E-state index in [9.17, 15) is 4.57 Å². The molecular formula is C28H23O4P. The van der Waals surface area contributed by atoms with Crippen molar-refractivity contribution in [1.82, 2.24) is 0 Å². The summed E-state index contributed by atoms with van der Waals surface area (Å²) in [6.45, 7) is 3.90. The molecule has 0 aliphatic rings. The number of rotatable bonds is 6. The molecule has 0 N–H and O–H groups in total. The quantitative estimate of drug-likeness (QED) is 0.242. The predicted molar refractivity (Wildman–Crippen MR) is 133 cm³/mol. The van der Waals surface area contributed by atoms with E-state index in [1.54, 1.807) is 18.2 Å².